The number of anilines is 1. The summed E-state index contributed by atoms with van der Waals surface area (Å²) in [7, 11) is 0. The van der Waals surface area contributed by atoms with Gasteiger partial charge in [-0.15, -0.1) is 0 Å². The van der Waals surface area contributed by atoms with Gasteiger partial charge in [0.05, 0.1) is 17.9 Å². The van der Waals surface area contributed by atoms with Gasteiger partial charge in [-0.2, -0.15) is 5.10 Å². The standard InChI is InChI=1S/C23H19N5O2S/c29-20(26-11-10-15-6-4-5-9-19(15)26)12-17-14-31-23-25-21-18(22(30)27(17)23)13-24-28(21)16-7-2-1-3-8-16/h1-9,13,17H,10-12,14H2. The molecular weight excluding hydrogens is 410 g/mol. The quantitative estimate of drug-likeness (QED) is 0.468. The summed E-state index contributed by atoms with van der Waals surface area (Å²) in [6, 6.07) is 17.5. The Morgan fingerprint density at radius 2 is 1.90 bits per heavy atom. The molecule has 4 aromatic rings. The van der Waals surface area contributed by atoms with E-state index in [4.69, 9.17) is 4.98 Å². The number of carbonyl (C=O) groups is 1. The molecule has 1 atom stereocenters. The third-order valence-electron chi connectivity index (χ3n) is 5.97. The van der Waals surface area contributed by atoms with E-state index in [2.05, 4.69) is 11.2 Å². The van der Waals surface area contributed by atoms with Crippen LogP contribution < -0.4 is 10.5 Å². The van der Waals surface area contributed by atoms with E-state index >= 15 is 0 Å². The van der Waals surface area contributed by atoms with E-state index < -0.39 is 0 Å². The van der Waals surface area contributed by atoms with E-state index in [-0.39, 0.29) is 23.9 Å². The second kappa shape index (κ2) is 7.09. The van der Waals surface area contributed by atoms with Gasteiger partial charge < -0.3 is 4.90 Å². The Kier molecular flexibility index (Phi) is 4.21. The smallest absolute Gasteiger partial charge is 0.265 e. The van der Waals surface area contributed by atoms with Crippen LogP contribution in [0.2, 0.25) is 0 Å². The maximum Gasteiger partial charge on any atom is 0.265 e. The maximum atomic E-state index is 13.3. The molecule has 6 rings (SSSR count). The van der Waals surface area contributed by atoms with Crippen molar-refractivity contribution in [3.05, 3.63) is 76.7 Å². The highest BCUT2D eigenvalue weighted by atomic mass is 32.2. The minimum Gasteiger partial charge on any atom is -0.312 e. The van der Waals surface area contributed by atoms with Crippen molar-refractivity contribution < 1.29 is 4.79 Å². The van der Waals surface area contributed by atoms with Crippen molar-refractivity contribution in [3.63, 3.8) is 0 Å². The molecule has 1 unspecified atom stereocenters. The molecular formula is C23H19N5O2S. The van der Waals surface area contributed by atoms with Gasteiger partial charge in [0.1, 0.15) is 5.39 Å². The van der Waals surface area contributed by atoms with Gasteiger partial charge in [-0.25, -0.2) is 9.67 Å². The van der Waals surface area contributed by atoms with Crippen LogP contribution in [0.3, 0.4) is 0 Å². The molecule has 0 aliphatic carbocycles. The van der Waals surface area contributed by atoms with Gasteiger partial charge in [0.2, 0.25) is 5.91 Å². The summed E-state index contributed by atoms with van der Waals surface area (Å²) in [4.78, 5) is 33.0. The summed E-state index contributed by atoms with van der Waals surface area (Å²) in [6.45, 7) is 0.695. The normalized spacial score (nSPS) is 17.2. The number of amides is 1. The van der Waals surface area contributed by atoms with Gasteiger partial charge in [-0.1, -0.05) is 48.2 Å². The van der Waals surface area contributed by atoms with Crippen molar-refractivity contribution >= 4 is 34.4 Å². The van der Waals surface area contributed by atoms with Crippen LogP contribution in [0.1, 0.15) is 18.0 Å². The summed E-state index contributed by atoms with van der Waals surface area (Å²) in [5, 5.41) is 5.52. The summed E-state index contributed by atoms with van der Waals surface area (Å²) in [5.74, 6) is 0.713. The zero-order chi connectivity index (χ0) is 20.9. The number of para-hydroxylation sites is 2. The summed E-state index contributed by atoms with van der Waals surface area (Å²) < 4.78 is 3.38. The number of benzene rings is 2. The zero-order valence-corrected chi connectivity index (χ0v) is 17.5. The Hall–Kier alpha value is -3.39. The van der Waals surface area contributed by atoms with Crippen LogP contribution in [0.4, 0.5) is 5.69 Å². The SMILES string of the molecule is O=C(CC1CSc2nc3c(cnn3-c3ccccc3)c(=O)n21)N1CCc2ccccc21. The predicted octanol–water partition coefficient (Wildman–Crippen LogP) is 3.21. The summed E-state index contributed by atoms with van der Waals surface area (Å²) >= 11 is 1.52. The lowest BCUT2D eigenvalue weighted by atomic mass is 10.1. The molecule has 7 nitrogen and oxygen atoms in total. The maximum absolute atomic E-state index is 13.3. The fourth-order valence-electron chi connectivity index (χ4n) is 4.45. The highest BCUT2D eigenvalue weighted by Gasteiger charge is 2.32. The molecule has 0 bridgehead atoms. The van der Waals surface area contributed by atoms with E-state index in [0.29, 0.717) is 28.5 Å². The minimum atomic E-state index is -0.204. The van der Waals surface area contributed by atoms with Crippen molar-refractivity contribution in [2.75, 3.05) is 17.2 Å². The minimum absolute atomic E-state index is 0.0513. The fourth-order valence-corrected chi connectivity index (χ4v) is 5.58. The molecule has 154 valence electrons. The fraction of sp³-hybridized carbons (Fsp3) is 0.217. The largest absolute Gasteiger partial charge is 0.312 e. The van der Waals surface area contributed by atoms with E-state index in [0.717, 1.165) is 17.8 Å². The third-order valence-corrected chi connectivity index (χ3v) is 7.07. The molecule has 2 aliphatic rings. The molecule has 0 saturated heterocycles. The average molecular weight is 430 g/mol. The number of aromatic nitrogens is 4. The summed E-state index contributed by atoms with van der Waals surface area (Å²) in [6.07, 6.45) is 2.73. The van der Waals surface area contributed by atoms with Crippen molar-refractivity contribution in [2.24, 2.45) is 0 Å². The first-order valence-corrected chi connectivity index (χ1v) is 11.3. The lowest BCUT2D eigenvalue weighted by molar-refractivity contribution is -0.119. The number of hydrogen-bond acceptors (Lipinski definition) is 5. The zero-order valence-electron chi connectivity index (χ0n) is 16.6. The van der Waals surface area contributed by atoms with Crippen LogP contribution in [0.25, 0.3) is 16.7 Å². The van der Waals surface area contributed by atoms with E-state index in [9.17, 15) is 9.59 Å². The number of hydrogen-bond donors (Lipinski definition) is 0. The molecule has 0 spiro atoms. The Labute approximate surface area is 182 Å². The molecule has 2 aromatic carbocycles. The lowest BCUT2D eigenvalue weighted by Crippen LogP contribution is -2.33. The number of fused-ring (bicyclic) bond motifs is 3. The van der Waals surface area contributed by atoms with Crippen LogP contribution in [0.5, 0.6) is 0 Å². The van der Waals surface area contributed by atoms with Crippen LogP contribution in [0, 0.1) is 0 Å². The Morgan fingerprint density at radius 3 is 2.77 bits per heavy atom. The molecule has 31 heavy (non-hydrogen) atoms. The van der Waals surface area contributed by atoms with Crippen molar-refractivity contribution in [2.45, 2.75) is 24.0 Å². The molecule has 0 N–H and O–H groups in total. The van der Waals surface area contributed by atoms with Gasteiger partial charge >= 0.3 is 0 Å². The van der Waals surface area contributed by atoms with Gasteiger partial charge in [-0.05, 0) is 30.2 Å². The van der Waals surface area contributed by atoms with Gasteiger partial charge in [0.15, 0.2) is 10.8 Å². The van der Waals surface area contributed by atoms with Crippen LogP contribution in [-0.2, 0) is 11.2 Å². The highest BCUT2D eigenvalue weighted by Crippen LogP contribution is 2.35. The highest BCUT2D eigenvalue weighted by molar-refractivity contribution is 7.99. The number of nitrogens with zero attached hydrogens (tertiary/aromatic N) is 5. The van der Waals surface area contributed by atoms with Gasteiger partial charge in [0.25, 0.3) is 5.56 Å². The second-order valence-corrected chi connectivity index (χ2v) is 8.78. The van der Waals surface area contributed by atoms with Gasteiger partial charge in [-0.3, -0.25) is 14.2 Å². The molecule has 0 saturated carbocycles. The Morgan fingerprint density at radius 1 is 1.10 bits per heavy atom. The number of carbonyl (C=O) groups excluding carboxylic acids is 1. The van der Waals surface area contributed by atoms with Crippen molar-refractivity contribution in [3.8, 4) is 5.69 Å². The molecule has 2 aliphatic heterocycles. The van der Waals surface area contributed by atoms with Crippen LogP contribution >= 0.6 is 11.8 Å². The van der Waals surface area contributed by atoms with E-state index in [1.807, 2.05) is 53.4 Å². The van der Waals surface area contributed by atoms with Crippen LogP contribution in [-0.4, -0.2) is 37.5 Å². The monoisotopic (exact) mass is 429 g/mol. The Balaban J connectivity index is 1.34. The topological polar surface area (TPSA) is 73.0 Å². The first kappa shape index (κ1) is 18.4. The van der Waals surface area contributed by atoms with Crippen molar-refractivity contribution in [1.29, 1.82) is 0 Å². The first-order valence-electron chi connectivity index (χ1n) is 10.3. The van der Waals surface area contributed by atoms with Crippen molar-refractivity contribution in [1.82, 2.24) is 19.3 Å². The second-order valence-electron chi connectivity index (χ2n) is 7.79. The van der Waals surface area contributed by atoms with E-state index in [1.165, 1.54) is 17.3 Å². The van der Waals surface area contributed by atoms with Gasteiger partial charge in [0, 0.05) is 24.4 Å². The third kappa shape index (κ3) is 2.90. The predicted molar refractivity (Wildman–Crippen MR) is 120 cm³/mol. The molecule has 1 amide bonds. The molecule has 4 heterocycles. The molecule has 0 fully saturated rings. The average Bonchev–Trinajstić information content (AvgIpc) is 3.51. The molecule has 0 radical (unpaired) electrons. The summed E-state index contributed by atoms with van der Waals surface area (Å²) in [5.41, 5.74) is 3.47. The lowest BCUT2D eigenvalue weighted by Gasteiger charge is -2.20. The van der Waals surface area contributed by atoms with E-state index in [1.54, 1.807) is 15.4 Å². The van der Waals surface area contributed by atoms with Crippen LogP contribution in [0.15, 0.2) is 70.7 Å². The number of thioether (sulfide) groups is 1. The Bertz CT molecular complexity index is 1380. The molecule has 2 aromatic heterocycles. The number of rotatable bonds is 3. The molecule has 8 heteroatoms. The first-order chi connectivity index (χ1) is 15.2.